The summed E-state index contributed by atoms with van der Waals surface area (Å²) in [5.41, 5.74) is 5.54. The van der Waals surface area contributed by atoms with Crippen molar-refractivity contribution in [1.29, 1.82) is 0 Å². The molecule has 2 heterocycles. The zero-order valence-electron chi connectivity index (χ0n) is 11.7. The van der Waals surface area contributed by atoms with E-state index in [-0.39, 0.29) is 0 Å². The van der Waals surface area contributed by atoms with Crippen molar-refractivity contribution >= 4 is 11.0 Å². The van der Waals surface area contributed by atoms with Gasteiger partial charge in [-0.2, -0.15) is 0 Å². The third kappa shape index (κ3) is 2.13. The van der Waals surface area contributed by atoms with Crippen molar-refractivity contribution < 1.29 is 0 Å². The summed E-state index contributed by atoms with van der Waals surface area (Å²) >= 11 is 0. The Morgan fingerprint density at radius 3 is 2.67 bits per heavy atom. The predicted molar refractivity (Wildman–Crippen MR) is 85.6 cm³/mol. The molecule has 21 heavy (non-hydrogen) atoms. The Labute approximate surface area is 122 Å². The fraction of sp³-hybridized carbons (Fsp3) is 0.0556. The van der Waals surface area contributed by atoms with Crippen LogP contribution in [0.1, 0.15) is 5.56 Å². The van der Waals surface area contributed by atoms with Gasteiger partial charge in [-0.3, -0.25) is 0 Å². The van der Waals surface area contributed by atoms with Crippen LogP contribution in [0.15, 0.2) is 67.0 Å². The van der Waals surface area contributed by atoms with Crippen molar-refractivity contribution in [3.8, 4) is 17.1 Å². The lowest BCUT2D eigenvalue weighted by molar-refractivity contribution is 1.08. The summed E-state index contributed by atoms with van der Waals surface area (Å²) < 4.78 is 2.09. The Hall–Kier alpha value is -2.81. The minimum absolute atomic E-state index is 0.907. The SMILES string of the molecule is Cc1ccc2nc(-c3cccc(-n4cccc4)c3)[nH]c2c1. The monoisotopic (exact) mass is 273 g/mol. The van der Waals surface area contributed by atoms with Crippen LogP contribution in [0, 0.1) is 6.92 Å². The van der Waals surface area contributed by atoms with Gasteiger partial charge in [0.15, 0.2) is 0 Å². The molecule has 0 aliphatic rings. The minimum Gasteiger partial charge on any atom is -0.338 e. The Morgan fingerprint density at radius 2 is 1.81 bits per heavy atom. The normalized spacial score (nSPS) is 11.1. The zero-order chi connectivity index (χ0) is 14.2. The van der Waals surface area contributed by atoms with E-state index in [1.54, 1.807) is 0 Å². The molecule has 4 rings (SSSR count). The summed E-state index contributed by atoms with van der Waals surface area (Å²) in [7, 11) is 0. The van der Waals surface area contributed by atoms with Crippen molar-refractivity contribution in [2.75, 3.05) is 0 Å². The van der Waals surface area contributed by atoms with E-state index in [0.29, 0.717) is 0 Å². The van der Waals surface area contributed by atoms with E-state index in [1.807, 2.05) is 24.5 Å². The quantitative estimate of drug-likeness (QED) is 0.579. The molecule has 0 aliphatic carbocycles. The largest absolute Gasteiger partial charge is 0.338 e. The number of hydrogen-bond donors (Lipinski definition) is 1. The van der Waals surface area contributed by atoms with E-state index in [1.165, 1.54) is 5.56 Å². The third-order valence-electron chi connectivity index (χ3n) is 3.66. The number of aromatic amines is 1. The number of aryl methyl sites for hydroxylation is 1. The molecule has 0 amide bonds. The smallest absolute Gasteiger partial charge is 0.138 e. The Morgan fingerprint density at radius 1 is 0.952 bits per heavy atom. The molecule has 2 aromatic carbocycles. The Kier molecular flexibility index (Phi) is 2.64. The first-order valence-corrected chi connectivity index (χ1v) is 7.00. The first-order valence-electron chi connectivity index (χ1n) is 7.00. The van der Waals surface area contributed by atoms with E-state index in [2.05, 4.69) is 63.9 Å². The highest BCUT2D eigenvalue weighted by Crippen LogP contribution is 2.23. The standard InChI is InChI=1S/C18H15N3/c1-13-7-8-16-17(11-13)20-18(19-16)14-5-4-6-15(12-14)21-9-2-3-10-21/h2-12H,1H3,(H,19,20). The van der Waals surface area contributed by atoms with Crippen LogP contribution in [0.3, 0.4) is 0 Å². The lowest BCUT2D eigenvalue weighted by Crippen LogP contribution is -1.90. The molecule has 0 aliphatic heterocycles. The molecule has 0 saturated carbocycles. The highest BCUT2D eigenvalue weighted by molar-refractivity contribution is 5.80. The maximum atomic E-state index is 4.68. The van der Waals surface area contributed by atoms with Crippen LogP contribution in [0.5, 0.6) is 0 Å². The lowest BCUT2D eigenvalue weighted by atomic mass is 10.2. The van der Waals surface area contributed by atoms with E-state index in [9.17, 15) is 0 Å². The van der Waals surface area contributed by atoms with Crippen LogP contribution < -0.4 is 0 Å². The van der Waals surface area contributed by atoms with Crippen molar-refractivity contribution in [2.45, 2.75) is 6.92 Å². The van der Waals surface area contributed by atoms with Crippen LogP contribution in [0.2, 0.25) is 0 Å². The third-order valence-corrected chi connectivity index (χ3v) is 3.66. The Balaban J connectivity index is 1.83. The van der Waals surface area contributed by atoms with Gasteiger partial charge in [-0.15, -0.1) is 0 Å². The molecule has 2 aromatic heterocycles. The number of H-pyrrole nitrogens is 1. The average Bonchev–Trinajstić information content (AvgIpc) is 3.16. The maximum Gasteiger partial charge on any atom is 0.138 e. The van der Waals surface area contributed by atoms with Gasteiger partial charge >= 0.3 is 0 Å². The van der Waals surface area contributed by atoms with Gasteiger partial charge < -0.3 is 9.55 Å². The van der Waals surface area contributed by atoms with E-state index < -0.39 is 0 Å². The molecule has 0 atom stereocenters. The summed E-state index contributed by atoms with van der Waals surface area (Å²) in [6.07, 6.45) is 4.09. The molecule has 0 radical (unpaired) electrons. The van der Waals surface area contributed by atoms with Crippen LogP contribution >= 0.6 is 0 Å². The molecule has 0 saturated heterocycles. The summed E-state index contributed by atoms with van der Waals surface area (Å²) in [5.74, 6) is 0.907. The predicted octanol–water partition coefficient (Wildman–Crippen LogP) is 4.33. The number of fused-ring (bicyclic) bond motifs is 1. The number of hydrogen-bond acceptors (Lipinski definition) is 1. The number of nitrogens with one attached hydrogen (secondary N) is 1. The molecule has 0 fully saturated rings. The Bertz CT molecular complexity index is 901. The first-order chi connectivity index (χ1) is 10.3. The summed E-state index contributed by atoms with van der Waals surface area (Å²) in [6.45, 7) is 2.09. The number of benzene rings is 2. The van der Waals surface area contributed by atoms with Crippen molar-refractivity contribution in [3.05, 3.63) is 72.6 Å². The molecule has 102 valence electrons. The summed E-state index contributed by atoms with van der Waals surface area (Å²) in [4.78, 5) is 8.09. The van der Waals surface area contributed by atoms with Crippen LogP contribution in [0.25, 0.3) is 28.1 Å². The van der Waals surface area contributed by atoms with Crippen LogP contribution in [-0.4, -0.2) is 14.5 Å². The molecule has 3 heteroatoms. The molecular weight excluding hydrogens is 258 g/mol. The minimum atomic E-state index is 0.907. The number of nitrogens with zero attached hydrogens (tertiary/aromatic N) is 2. The molecule has 4 aromatic rings. The highest BCUT2D eigenvalue weighted by atomic mass is 14.9. The summed E-state index contributed by atoms with van der Waals surface area (Å²) in [6, 6.07) is 18.7. The topological polar surface area (TPSA) is 33.6 Å². The molecule has 0 bridgehead atoms. The van der Waals surface area contributed by atoms with Gasteiger partial charge in [-0.05, 0) is 48.9 Å². The summed E-state index contributed by atoms with van der Waals surface area (Å²) in [5, 5.41) is 0. The van der Waals surface area contributed by atoms with Crippen molar-refractivity contribution in [1.82, 2.24) is 14.5 Å². The van der Waals surface area contributed by atoms with Crippen molar-refractivity contribution in [3.63, 3.8) is 0 Å². The number of imidazole rings is 1. The van der Waals surface area contributed by atoms with Gasteiger partial charge in [0.05, 0.1) is 11.0 Å². The molecule has 0 unspecified atom stereocenters. The van der Waals surface area contributed by atoms with Crippen molar-refractivity contribution in [2.24, 2.45) is 0 Å². The van der Waals surface area contributed by atoms with E-state index >= 15 is 0 Å². The second-order valence-electron chi connectivity index (χ2n) is 5.25. The molecular formula is C18H15N3. The van der Waals surface area contributed by atoms with Gasteiger partial charge in [0.2, 0.25) is 0 Å². The van der Waals surface area contributed by atoms with Crippen LogP contribution in [0.4, 0.5) is 0 Å². The number of rotatable bonds is 2. The number of aromatic nitrogens is 3. The average molecular weight is 273 g/mol. The molecule has 3 nitrogen and oxygen atoms in total. The van der Waals surface area contributed by atoms with Gasteiger partial charge in [0.25, 0.3) is 0 Å². The van der Waals surface area contributed by atoms with Gasteiger partial charge in [-0.1, -0.05) is 18.2 Å². The van der Waals surface area contributed by atoms with Crippen LogP contribution in [-0.2, 0) is 0 Å². The van der Waals surface area contributed by atoms with E-state index in [4.69, 9.17) is 0 Å². The maximum absolute atomic E-state index is 4.68. The lowest BCUT2D eigenvalue weighted by Gasteiger charge is -2.04. The zero-order valence-corrected chi connectivity index (χ0v) is 11.7. The molecule has 1 N–H and O–H groups in total. The van der Waals surface area contributed by atoms with Gasteiger partial charge in [-0.25, -0.2) is 4.98 Å². The fourth-order valence-corrected chi connectivity index (χ4v) is 2.58. The second kappa shape index (κ2) is 4.63. The fourth-order valence-electron chi connectivity index (χ4n) is 2.58. The highest BCUT2D eigenvalue weighted by Gasteiger charge is 2.06. The first kappa shape index (κ1) is 12.0. The van der Waals surface area contributed by atoms with E-state index in [0.717, 1.165) is 28.1 Å². The molecule has 0 spiro atoms. The second-order valence-corrected chi connectivity index (χ2v) is 5.25. The van der Waals surface area contributed by atoms with Gasteiger partial charge in [0, 0.05) is 23.6 Å². The van der Waals surface area contributed by atoms with Gasteiger partial charge in [0.1, 0.15) is 5.82 Å².